The van der Waals surface area contributed by atoms with Crippen molar-refractivity contribution in [2.45, 2.75) is 6.42 Å². The first-order valence-corrected chi connectivity index (χ1v) is 10.6. The van der Waals surface area contributed by atoms with Crippen LogP contribution in [0.15, 0.2) is 85.5 Å². The minimum absolute atomic E-state index is 0.293. The molecule has 1 N–H and O–H groups in total. The van der Waals surface area contributed by atoms with Crippen LogP contribution in [-0.4, -0.2) is 23.7 Å². The molecule has 0 amide bonds. The number of hydrogen-bond donors (Lipinski definition) is 1. The minimum atomic E-state index is -0.919. The van der Waals surface area contributed by atoms with Gasteiger partial charge in [0.25, 0.3) is 0 Å². The lowest BCUT2D eigenvalue weighted by Crippen LogP contribution is -2.04. The van der Waals surface area contributed by atoms with Crippen LogP contribution in [0.2, 0.25) is 0 Å². The fourth-order valence-corrected chi connectivity index (χ4v) is 4.35. The summed E-state index contributed by atoms with van der Waals surface area (Å²) in [5.74, 6) is -1.32. The number of esters is 1. The second-order valence-electron chi connectivity index (χ2n) is 7.06. The Hall–Kier alpha value is -3.70. The molecule has 4 aromatic rings. The number of carboxylic acids is 1. The average Bonchev–Trinajstić information content (AvgIpc) is 3.29. The Balaban J connectivity index is 1.50. The highest BCUT2D eigenvalue weighted by Crippen LogP contribution is 2.35. The van der Waals surface area contributed by atoms with Crippen molar-refractivity contribution in [2.75, 3.05) is 6.61 Å². The Kier molecular flexibility index (Phi) is 5.96. The molecular weight excluding hydrogens is 408 g/mol. The maximum absolute atomic E-state index is 11.2. The fourth-order valence-electron chi connectivity index (χ4n) is 3.34. The van der Waals surface area contributed by atoms with Crippen LogP contribution in [0.4, 0.5) is 0 Å². The Morgan fingerprint density at radius 3 is 2.23 bits per heavy atom. The third-order valence-electron chi connectivity index (χ3n) is 5.02. The topological polar surface area (TPSA) is 63.6 Å². The number of carbonyl (C=O) groups is 2. The van der Waals surface area contributed by atoms with E-state index in [1.807, 2.05) is 30.3 Å². The van der Waals surface area contributed by atoms with Crippen LogP contribution >= 0.6 is 11.3 Å². The smallest absolute Gasteiger partial charge is 0.335 e. The van der Waals surface area contributed by atoms with E-state index in [9.17, 15) is 9.59 Å². The zero-order chi connectivity index (χ0) is 21.8. The van der Waals surface area contributed by atoms with Gasteiger partial charge in [0.1, 0.15) is 0 Å². The van der Waals surface area contributed by atoms with Crippen molar-refractivity contribution in [2.24, 2.45) is 0 Å². The van der Waals surface area contributed by atoms with E-state index in [4.69, 9.17) is 9.84 Å². The van der Waals surface area contributed by atoms with Gasteiger partial charge in [0, 0.05) is 22.3 Å². The normalized spacial score (nSPS) is 10.7. The van der Waals surface area contributed by atoms with Gasteiger partial charge in [-0.3, -0.25) is 0 Å². The van der Waals surface area contributed by atoms with E-state index in [1.165, 1.54) is 11.0 Å². The number of hydrogen-bond acceptors (Lipinski definition) is 4. The first-order chi connectivity index (χ1) is 15.0. The fraction of sp³-hybridized carbons (Fsp3) is 0.0769. The van der Waals surface area contributed by atoms with Gasteiger partial charge in [0.05, 0.1) is 12.2 Å². The summed E-state index contributed by atoms with van der Waals surface area (Å²) in [6.45, 7) is 3.72. The summed E-state index contributed by atoms with van der Waals surface area (Å²) in [5, 5.41) is 11.1. The second kappa shape index (κ2) is 8.98. The Morgan fingerprint density at radius 1 is 0.871 bits per heavy atom. The summed E-state index contributed by atoms with van der Waals surface area (Å²) in [5.41, 5.74) is 3.64. The van der Waals surface area contributed by atoms with Crippen LogP contribution in [0.1, 0.15) is 15.9 Å². The minimum Gasteiger partial charge on any atom is -0.478 e. The quantitative estimate of drug-likeness (QED) is 0.281. The van der Waals surface area contributed by atoms with Gasteiger partial charge in [-0.05, 0) is 57.8 Å². The van der Waals surface area contributed by atoms with Crippen molar-refractivity contribution < 1.29 is 19.4 Å². The molecule has 0 aliphatic carbocycles. The third-order valence-corrected chi connectivity index (χ3v) is 6.20. The number of thiophene rings is 1. The van der Waals surface area contributed by atoms with Crippen LogP contribution in [0.3, 0.4) is 0 Å². The van der Waals surface area contributed by atoms with Crippen molar-refractivity contribution in [3.63, 3.8) is 0 Å². The Labute approximate surface area is 184 Å². The molecule has 0 saturated heterocycles. The van der Waals surface area contributed by atoms with Gasteiger partial charge in [-0.15, -0.1) is 11.3 Å². The van der Waals surface area contributed by atoms with Crippen LogP contribution < -0.4 is 0 Å². The van der Waals surface area contributed by atoms with E-state index in [2.05, 4.69) is 36.9 Å². The molecule has 0 fully saturated rings. The molecule has 0 saturated carbocycles. The largest absolute Gasteiger partial charge is 0.478 e. The lowest BCUT2D eigenvalue weighted by molar-refractivity contribution is -0.137. The molecule has 4 rings (SSSR count). The Bertz CT molecular complexity index is 1270. The van der Waals surface area contributed by atoms with Crippen LogP contribution in [0, 0.1) is 0 Å². The number of carboxylic acid groups (broad SMARTS) is 1. The summed E-state index contributed by atoms with van der Waals surface area (Å²) in [6, 6.07) is 23.7. The highest BCUT2D eigenvalue weighted by Gasteiger charge is 2.08. The number of ether oxygens (including phenoxy) is 1. The molecule has 0 aliphatic rings. The molecule has 154 valence electrons. The van der Waals surface area contributed by atoms with Gasteiger partial charge in [-0.1, -0.05) is 49.0 Å². The van der Waals surface area contributed by atoms with Gasteiger partial charge >= 0.3 is 11.9 Å². The summed E-state index contributed by atoms with van der Waals surface area (Å²) in [6.07, 6.45) is 1.83. The van der Waals surface area contributed by atoms with Gasteiger partial charge in [-0.25, -0.2) is 9.59 Å². The van der Waals surface area contributed by atoms with Crippen LogP contribution in [-0.2, 0) is 16.0 Å². The maximum Gasteiger partial charge on any atom is 0.335 e. The SMILES string of the molecule is C=CC(=O)OCCc1ccc(-c2ccc(-c3ccc4cc(C(=O)O)ccc4c3)s2)cc1. The molecule has 0 radical (unpaired) electrons. The van der Waals surface area contributed by atoms with E-state index < -0.39 is 11.9 Å². The zero-order valence-electron chi connectivity index (χ0n) is 16.7. The molecular formula is C26H20O4S. The summed E-state index contributed by atoms with van der Waals surface area (Å²) < 4.78 is 5.03. The Morgan fingerprint density at radius 2 is 1.52 bits per heavy atom. The number of fused-ring (bicyclic) bond motifs is 1. The zero-order valence-corrected chi connectivity index (χ0v) is 17.5. The molecule has 0 unspecified atom stereocenters. The monoisotopic (exact) mass is 428 g/mol. The molecule has 5 heteroatoms. The molecule has 4 nitrogen and oxygen atoms in total. The van der Waals surface area contributed by atoms with E-state index >= 15 is 0 Å². The number of carbonyl (C=O) groups excluding carboxylic acids is 1. The predicted molar refractivity (Wildman–Crippen MR) is 125 cm³/mol. The third kappa shape index (κ3) is 4.73. The summed E-state index contributed by atoms with van der Waals surface area (Å²) >= 11 is 1.71. The van der Waals surface area contributed by atoms with Crippen molar-refractivity contribution in [1.82, 2.24) is 0 Å². The highest BCUT2D eigenvalue weighted by atomic mass is 32.1. The van der Waals surface area contributed by atoms with E-state index in [0.29, 0.717) is 18.6 Å². The highest BCUT2D eigenvalue weighted by molar-refractivity contribution is 7.18. The summed E-state index contributed by atoms with van der Waals surface area (Å²) in [4.78, 5) is 24.6. The average molecular weight is 429 g/mol. The van der Waals surface area contributed by atoms with Gasteiger partial charge in [0.2, 0.25) is 0 Å². The second-order valence-corrected chi connectivity index (χ2v) is 8.15. The van der Waals surface area contributed by atoms with E-state index in [1.54, 1.807) is 23.5 Å². The van der Waals surface area contributed by atoms with Crippen molar-refractivity contribution in [3.8, 4) is 20.9 Å². The van der Waals surface area contributed by atoms with Crippen molar-refractivity contribution in [1.29, 1.82) is 0 Å². The summed E-state index contributed by atoms with van der Waals surface area (Å²) in [7, 11) is 0. The molecule has 0 aliphatic heterocycles. The number of rotatable bonds is 7. The number of benzene rings is 3. The predicted octanol–water partition coefficient (Wildman–Crippen LogP) is 6.21. The van der Waals surface area contributed by atoms with Gasteiger partial charge < -0.3 is 9.84 Å². The standard InChI is InChI=1S/C26H20O4S/c1-2-25(27)30-14-13-17-3-5-18(6-4-17)23-11-12-24(31-23)21-9-7-20-16-22(26(28)29)10-8-19(20)15-21/h2-12,15-16H,1,13-14H2,(H,28,29). The van der Waals surface area contributed by atoms with Crippen molar-refractivity contribution in [3.05, 3.63) is 96.6 Å². The van der Waals surface area contributed by atoms with Crippen LogP contribution in [0.25, 0.3) is 31.7 Å². The van der Waals surface area contributed by atoms with E-state index in [-0.39, 0.29) is 0 Å². The first-order valence-electron chi connectivity index (χ1n) is 9.79. The molecule has 31 heavy (non-hydrogen) atoms. The van der Waals surface area contributed by atoms with E-state index in [0.717, 1.165) is 32.3 Å². The maximum atomic E-state index is 11.2. The lowest BCUT2D eigenvalue weighted by atomic mass is 10.0. The first kappa shape index (κ1) is 20.6. The molecule has 0 bridgehead atoms. The number of aromatic carboxylic acids is 1. The molecule has 0 atom stereocenters. The van der Waals surface area contributed by atoms with Gasteiger partial charge in [-0.2, -0.15) is 0 Å². The lowest BCUT2D eigenvalue weighted by Gasteiger charge is -2.04. The molecule has 0 spiro atoms. The molecule has 3 aromatic carbocycles. The molecule has 1 heterocycles. The van der Waals surface area contributed by atoms with Crippen molar-refractivity contribution >= 4 is 34.0 Å². The molecule has 1 aromatic heterocycles. The van der Waals surface area contributed by atoms with Crippen LogP contribution in [0.5, 0.6) is 0 Å². The van der Waals surface area contributed by atoms with Gasteiger partial charge in [0.15, 0.2) is 0 Å².